The number of rotatable bonds is 3. The number of fused-ring (bicyclic) bond motifs is 1. The maximum atomic E-state index is 13.0. The van der Waals surface area contributed by atoms with Gasteiger partial charge in [-0.2, -0.15) is 0 Å². The van der Waals surface area contributed by atoms with Gasteiger partial charge in [-0.05, 0) is 37.8 Å². The molecule has 1 aliphatic heterocycles. The second-order valence-corrected chi connectivity index (χ2v) is 6.34. The first-order valence-corrected chi connectivity index (χ1v) is 7.77. The Kier molecular flexibility index (Phi) is 2.81. The first-order chi connectivity index (χ1) is 10.2. The molecule has 0 N–H and O–H groups in total. The summed E-state index contributed by atoms with van der Waals surface area (Å²) in [5.74, 6) is 0.180. The molecule has 5 atom stereocenters. The molecular weight excluding hydrogens is 266 g/mol. The van der Waals surface area contributed by atoms with Crippen LogP contribution in [0, 0.1) is 23.7 Å². The lowest BCUT2D eigenvalue weighted by atomic mass is 9.79. The topological polar surface area (TPSA) is 46.6 Å². The zero-order valence-electron chi connectivity index (χ0n) is 12.1. The average Bonchev–Trinajstić information content (AvgIpc) is 3.10. The molecule has 2 bridgehead atoms. The molecule has 1 saturated heterocycles. The Labute approximate surface area is 124 Å². The molecule has 21 heavy (non-hydrogen) atoms. The summed E-state index contributed by atoms with van der Waals surface area (Å²) in [4.78, 5) is 26.9. The van der Waals surface area contributed by atoms with E-state index in [2.05, 4.69) is 0 Å². The summed E-state index contributed by atoms with van der Waals surface area (Å²) >= 11 is 0. The standard InChI is InChI=1S/C17H19NO3/c1-2-18(11-6-4-3-5-7-11)16(19)14-10-8-12-13(9-10)21-17(20)15(12)14/h3-7,10,12-15H,2,8-9H2,1H3/t10-,12+,13-,14+,15-/m1/s1. The summed E-state index contributed by atoms with van der Waals surface area (Å²) in [5.41, 5.74) is 0.913. The summed E-state index contributed by atoms with van der Waals surface area (Å²) < 4.78 is 5.43. The number of anilines is 1. The fourth-order valence-electron chi connectivity index (χ4n) is 4.59. The van der Waals surface area contributed by atoms with Crippen LogP contribution in [0.3, 0.4) is 0 Å². The van der Waals surface area contributed by atoms with Gasteiger partial charge in [-0.15, -0.1) is 0 Å². The Hall–Kier alpha value is -1.84. The van der Waals surface area contributed by atoms with Crippen molar-refractivity contribution in [3.05, 3.63) is 30.3 Å². The van der Waals surface area contributed by atoms with Gasteiger partial charge in [0.05, 0.1) is 11.8 Å². The Morgan fingerprint density at radius 2 is 2.05 bits per heavy atom. The number of ether oxygens (including phenoxy) is 1. The molecule has 4 nitrogen and oxygen atoms in total. The van der Waals surface area contributed by atoms with Crippen molar-refractivity contribution in [1.29, 1.82) is 0 Å². The SMILES string of the molecule is CCN(C(=O)[C@H]1[C@@H]2C[C@@H]3[C@H]1C(=O)O[C@@H]3C2)c1ccccc1. The highest BCUT2D eigenvalue weighted by Gasteiger charge is 2.64. The number of carbonyl (C=O) groups excluding carboxylic acids is 2. The van der Waals surface area contributed by atoms with Gasteiger partial charge in [0.1, 0.15) is 6.10 Å². The molecule has 0 radical (unpaired) electrons. The van der Waals surface area contributed by atoms with Crippen molar-refractivity contribution >= 4 is 17.6 Å². The van der Waals surface area contributed by atoms with Crippen LogP contribution < -0.4 is 4.90 Å². The number of hydrogen-bond acceptors (Lipinski definition) is 3. The summed E-state index contributed by atoms with van der Waals surface area (Å²) in [6.45, 7) is 2.61. The van der Waals surface area contributed by atoms with Gasteiger partial charge in [-0.1, -0.05) is 18.2 Å². The van der Waals surface area contributed by atoms with Gasteiger partial charge in [0, 0.05) is 18.2 Å². The van der Waals surface area contributed by atoms with E-state index in [1.54, 1.807) is 0 Å². The van der Waals surface area contributed by atoms with Gasteiger partial charge in [0.2, 0.25) is 5.91 Å². The van der Waals surface area contributed by atoms with Crippen LogP contribution >= 0.6 is 0 Å². The fourth-order valence-corrected chi connectivity index (χ4v) is 4.59. The minimum Gasteiger partial charge on any atom is -0.462 e. The van der Waals surface area contributed by atoms with Gasteiger partial charge in [-0.25, -0.2) is 0 Å². The molecule has 4 rings (SSSR count). The highest BCUT2D eigenvalue weighted by atomic mass is 16.6. The van der Waals surface area contributed by atoms with Crippen molar-refractivity contribution in [1.82, 2.24) is 0 Å². The lowest BCUT2D eigenvalue weighted by Gasteiger charge is -2.30. The third-order valence-corrected chi connectivity index (χ3v) is 5.42. The van der Waals surface area contributed by atoms with E-state index in [9.17, 15) is 9.59 Å². The van der Waals surface area contributed by atoms with E-state index in [0.29, 0.717) is 12.5 Å². The van der Waals surface area contributed by atoms with Gasteiger partial charge in [0.15, 0.2) is 0 Å². The Morgan fingerprint density at radius 3 is 2.76 bits per heavy atom. The fraction of sp³-hybridized carbons (Fsp3) is 0.529. The molecule has 2 aliphatic carbocycles. The normalized spacial score (nSPS) is 35.9. The number of hydrogen-bond donors (Lipinski definition) is 0. The first kappa shape index (κ1) is 12.9. The van der Waals surface area contributed by atoms with Crippen molar-refractivity contribution < 1.29 is 14.3 Å². The molecule has 0 aromatic heterocycles. The van der Waals surface area contributed by atoms with Crippen LogP contribution in [0.25, 0.3) is 0 Å². The smallest absolute Gasteiger partial charge is 0.310 e. The van der Waals surface area contributed by atoms with Gasteiger partial charge >= 0.3 is 5.97 Å². The van der Waals surface area contributed by atoms with E-state index in [0.717, 1.165) is 18.5 Å². The molecular formula is C17H19NO3. The number of para-hydroxylation sites is 1. The van der Waals surface area contributed by atoms with Crippen molar-refractivity contribution in [3.8, 4) is 0 Å². The number of nitrogens with zero attached hydrogens (tertiary/aromatic N) is 1. The predicted molar refractivity (Wildman–Crippen MR) is 77.5 cm³/mol. The lowest BCUT2D eigenvalue weighted by molar-refractivity contribution is -0.145. The zero-order chi connectivity index (χ0) is 14.6. The van der Waals surface area contributed by atoms with E-state index in [1.807, 2.05) is 42.2 Å². The molecule has 2 saturated carbocycles. The summed E-state index contributed by atoms with van der Waals surface area (Å²) in [5, 5.41) is 0. The number of carbonyl (C=O) groups is 2. The lowest BCUT2D eigenvalue weighted by Crippen LogP contribution is -2.42. The van der Waals surface area contributed by atoms with Crippen LogP contribution in [-0.2, 0) is 14.3 Å². The summed E-state index contributed by atoms with van der Waals surface area (Å²) in [7, 11) is 0. The second-order valence-electron chi connectivity index (χ2n) is 6.34. The number of benzene rings is 1. The second kappa shape index (κ2) is 4.58. The number of esters is 1. The average molecular weight is 285 g/mol. The van der Waals surface area contributed by atoms with Gasteiger partial charge in [0.25, 0.3) is 0 Å². The molecule has 0 unspecified atom stereocenters. The van der Waals surface area contributed by atoms with Crippen LogP contribution in [0.2, 0.25) is 0 Å². The minimum atomic E-state index is -0.195. The molecule has 1 amide bonds. The van der Waals surface area contributed by atoms with Crippen LogP contribution in [0.5, 0.6) is 0 Å². The van der Waals surface area contributed by atoms with E-state index in [-0.39, 0.29) is 35.7 Å². The van der Waals surface area contributed by atoms with Crippen LogP contribution in [0.4, 0.5) is 5.69 Å². The minimum absolute atomic E-state index is 0.0864. The third-order valence-electron chi connectivity index (χ3n) is 5.42. The van der Waals surface area contributed by atoms with Crippen molar-refractivity contribution in [2.24, 2.45) is 23.7 Å². The highest BCUT2D eigenvalue weighted by molar-refractivity contribution is 5.98. The highest BCUT2D eigenvalue weighted by Crippen LogP contribution is 2.58. The summed E-state index contributed by atoms with van der Waals surface area (Å²) in [6, 6.07) is 9.71. The van der Waals surface area contributed by atoms with Crippen molar-refractivity contribution in [2.75, 3.05) is 11.4 Å². The van der Waals surface area contributed by atoms with Gasteiger partial charge < -0.3 is 9.64 Å². The van der Waals surface area contributed by atoms with Crippen LogP contribution in [-0.4, -0.2) is 24.5 Å². The van der Waals surface area contributed by atoms with E-state index in [4.69, 9.17) is 4.74 Å². The van der Waals surface area contributed by atoms with Gasteiger partial charge in [-0.3, -0.25) is 9.59 Å². The van der Waals surface area contributed by atoms with Crippen LogP contribution in [0.15, 0.2) is 30.3 Å². The maximum Gasteiger partial charge on any atom is 0.310 e. The molecule has 110 valence electrons. The molecule has 0 spiro atoms. The quantitative estimate of drug-likeness (QED) is 0.800. The largest absolute Gasteiger partial charge is 0.462 e. The van der Waals surface area contributed by atoms with Crippen molar-refractivity contribution in [2.45, 2.75) is 25.9 Å². The summed E-state index contributed by atoms with van der Waals surface area (Å²) in [6.07, 6.45) is 1.93. The predicted octanol–water partition coefficient (Wildman–Crippen LogP) is 2.24. The Balaban J connectivity index is 1.64. The van der Waals surface area contributed by atoms with E-state index in [1.165, 1.54) is 0 Å². The Bertz CT molecular complexity index is 583. The molecule has 3 aliphatic rings. The number of amides is 1. The molecule has 4 heteroatoms. The van der Waals surface area contributed by atoms with Crippen LogP contribution in [0.1, 0.15) is 19.8 Å². The monoisotopic (exact) mass is 285 g/mol. The van der Waals surface area contributed by atoms with E-state index < -0.39 is 0 Å². The third kappa shape index (κ3) is 1.74. The van der Waals surface area contributed by atoms with Crippen molar-refractivity contribution in [3.63, 3.8) is 0 Å². The van der Waals surface area contributed by atoms with E-state index >= 15 is 0 Å². The Morgan fingerprint density at radius 1 is 1.29 bits per heavy atom. The molecule has 1 heterocycles. The molecule has 1 aromatic carbocycles. The maximum absolute atomic E-state index is 13.0. The first-order valence-electron chi connectivity index (χ1n) is 7.77. The molecule has 3 fully saturated rings. The molecule has 1 aromatic rings. The zero-order valence-corrected chi connectivity index (χ0v) is 12.1.